The molecule has 0 aromatic heterocycles. The van der Waals surface area contributed by atoms with Gasteiger partial charge in [-0.3, -0.25) is 4.99 Å². The molecule has 1 aromatic carbocycles. The molecule has 0 spiro atoms. The summed E-state index contributed by atoms with van der Waals surface area (Å²) in [6, 6.07) is 8.20. The second-order valence-corrected chi connectivity index (χ2v) is 3.29. The van der Waals surface area contributed by atoms with Gasteiger partial charge in [-0.1, -0.05) is 28.1 Å². The topological polar surface area (TPSA) is 12.4 Å². The van der Waals surface area contributed by atoms with Crippen LogP contribution in [0.3, 0.4) is 0 Å². The van der Waals surface area contributed by atoms with Gasteiger partial charge in [0.15, 0.2) is 0 Å². The van der Waals surface area contributed by atoms with Crippen molar-refractivity contribution in [1.29, 1.82) is 0 Å². The van der Waals surface area contributed by atoms with Crippen LogP contribution in [0.5, 0.6) is 0 Å². The third kappa shape index (κ3) is 1.26. The van der Waals surface area contributed by atoms with Crippen molar-refractivity contribution in [3.05, 3.63) is 40.5 Å². The van der Waals surface area contributed by atoms with E-state index in [0.29, 0.717) is 0 Å². The number of hydrogen-bond donors (Lipinski definition) is 0. The molecule has 1 aliphatic heterocycles. The zero-order valence-corrected chi connectivity index (χ0v) is 7.38. The molecule has 2 heteroatoms. The summed E-state index contributed by atoms with van der Waals surface area (Å²) in [6.45, 7) is 0. The molecule has 2 rings (SSSR count). The fourth-order valence-corrected chi connectivity index (χ4v) is 1.20. The first-order chi connectivity index (χ1) is 5.36. The van der Waals surface area contributed by atoms with Gasteiger partial charge in [-0.05, 0) is 17.7 Å². The van der Waals surface area contributed by atoms with Crippen LogP contribution in [0.2, 0.25) is 0 Å². The number of allylic oxidation sites excluding steroid dienone is 1. The minimum atomic E-state index is 1.11. The number of halogens is 1. The molecular weight excluding hydrogens is 202 g/mol. The van der Waals surface area contributed by atoms with Crippen LogP contribution in [0, 0.1) is 0 Å². The van der Waals surface area contributed by atoms with Crippen molar-refractivity contribution >= 4 is 27.7 Å². The highest BCUT2D eigenvalue weighted by atomic mass is 79.9. The molecule has 54 valence electrons. The molecule has 1 aliphatic rings. The number of rotatable bonds is 1. The third-order valence-electron chi connectivity index (χ3n) is 1.60. The van der Waals surface area contributed by atoms with Gasteiger partial charge >= 0.3 is 0 Å². The van der Waals surface area contributed by atoms with E-state index in [9.17, 15) is 0 Å². The lowest BCUT2D eigenvalue weighted by Gasteiger charge is -2.05. The molecule has 0 fully saturated rings. The summed E-state index contributed by atoms with van der Waals surface area (Å²) in [5, 5.41) is 0. The minimum absolute atomic E-state index is 1.11. The Morgan fingerprint density at radius 1 is 1.09 bits per heavy atom. The van der Waals surface area contributed by atoms with Crippen molar-refractivity contribution in [2.24, 2.45) is 4.99 Å². The predicted octanol–water partition coefficient (Wildman–Crippen LogP) is 2.87. The summed E-state index contributed by atoms with van der Waals surface area (Å²) in [5.74, 6) is 0. The lowest BCUT2D eigenvalue weighted by atomic mass is 10.1. The summed E-state index contributed by atoms with van der Waals surface area (Å²) < 4.78 is 1.11. The Hall–Kier alpha value is -0.890. The maximum atomic E-state index is 3.90. The molecule has 1 nitrogen and oxygen atoms in total. The van der Waals surface area contributed by atoms with E-state index in [4.69, 9.17) is 0 Å². The smallest absolute Gasteiger partial charge is 0.0362 e. The van der Waals surface area contributed by atoms with E-state index in [-0.39, 0.29) is 0 Å². The molecule has 0 aliphatic carbocycles. The maximum absolute atomic E-state index is 3.90. The summed E-state index contributed by atoms with van der Waals surface area (Å²) >= 11 is 3.38. The molecule has 11 heavy (non-hydrogen) atoms. The lowest BCUT2D eigenvalue weighted by molar-refractivity contribution is 1.51. The zero-order chi connectivity index (χ0) is 7.68. The van der Waals surface area contributed by atoms with Crippen LogP contribution in [0.4, 0.5) is 0 Å². The Labute approximate surface area is 73.6 Å². The lowest BCUT2D eigenvalue weighted by Crippen LogP contribution is -1.90. The minimum Gasteiger partial charge on any atom is -0.263 e. The highest BCUT2D eigenvalue weighted by Crippen LogP contribution is 2.19. The van der Waals surface area contributed by atoms with Gasteiger partial charge in [-0.15, -0.1) is 0 Å². The molecule has 0 atom stereocenters. The molecule has 1 aromatic rings. The van der Waals surface area contributed by atoms with Crippen molar-refractivity contribution in [1.82, 2.24) is 0 Å². The molecule has 0 bridgehead atoms. The van der Waals surface area contributed by atoms with E-state index in [2.05, 4.69) is 33.1 Å². The summed E-state index contributed by atoms with van der Waals surface area (Å²) in [4.78, 5) is 3.90. The van der Waals surface area contributed by atoms with Gasteiger partial charge < -0.3 is 0 Å². The number of nitrogens with zero attached hydrogens (tertiary/aromatic N) is 1. The van der Waals surface area contributed by atoms with Gasteiger partial charge in [0.05, 0.1) is 0 Å². The van der Waals surface area contributed by atoms with Crippen LogP contribution in [0.25, 0.3) is 5.57 Å². The largest absolute Gasteiger partial charge is 0.263 e. The van der Waals surface area contributed by atoms with Crippen molar-refractivity contribution in [3.8, 4) is 0 Å². The predicted molar refractivity (Wildman–Crippen MR) is 50.6 cm³/mol. The Morgan fingerprint density at radius 2 is 1.73 bits per heavy atom. The zero-order valence-electron chi connectivity index (χ0n) is 5.79. The quantitative estimate of drug-likeness (QED) is 0.672. The number of aliphatic imine (C=N–C) groups is 1. The van der Waals surface area contributed by atoms with Crippen LogP contribution in [0.15, 0.2) is 39.9 Å². The van der Waals surface area contributed by atoms with Gasteiger partial charge in [-0.25, -0.2) is 0 Å². The summed E-state index contributed by atoms with van der Waals surface area (Å²) in [6.07, 6.45) is 3.73. The van der Waals surface area contributed by atoms with E-state index >= 15 is 0 Å². The number of hydrogen-bond acceptors (Lipinski definition) is 1. The summed E-state index contributed by atoms with van der Waals surface area (Å²) in [7, 11) is 0. The molecule has 0 unspecified atom stereocenters. The molecule has 0 saturated carbocycles. The maximum Gasteiger partial charge on any atom is 0.0362 e. The highest BCUT2D eigenvalue weighted by molar-refractivity contribution is 9.10. The number of benzene rings is 1. The van der Waals surface area contributed by atoms with Gasteiger partial charge in [0.1, 0.15) is 0 Å². The Balaban J connectivity index is 2.33. The van der Waals surface area contributed by atoms with E-state index < -0.39 is 0 Å². The molecular formula is C9H6BrN. The van der Waals surface area contributed by atoms with Crippen molar-refractivity contribution in [2.45, 2.75) is 0 Å². The first-order valence-corrected chi connectivity index (χ1v) is 4.15. The fourth-order valence-electron chi connectivity index (χ4n) is 0.940. The second-order valence-electron chi connectivity index (χ2n) is 2.37. The monoisotopic (exact) mass is 207 g/mol. The normalized spacial score (nSPS) is 14.1. The standard InChI is InChI=1S/C9H6BrN/c10-9-3-1-7(2-4-9)8-5-11-6-8/h1-6H. The molecule has 0 saturated heterocycles. The van der Waals surface area contributed by atoms with Gasteiger partial charge in [0.2, 0.25) is 0 Å². The molecule has 1 heterocycles. The van der Waals surface area contributed by atoms with Crippen LogP contribution in [0.1, 0.15) is 5.56 Å². The first-order valence-electron chi connectivity index (χ1n) is 3.35. The Kier molecular flexibility index (Phi) is 1.62. The van der Waals surface area contributed by atoms with Crippen LogP contribution >= 0.6 is 15.9 Å². The van der Waals surface area contributed by atoms with Gasteiger partial charge in [-0.2, -0.15) is 0 Å². The van der Waals surface area contributed by atoms with Gasteiger partial charge in [0, 0.05) is 22.5 Å². The van der Waals surface area contributed by atoms with E-state index in [0.717, 1.165) is 4.47 Å². The van der Waals surface area contributed by atoms with Crippen LogP contribution < -0.4 is 0 Å². The van der Waals surface area contributed by atoms with Crippen LogP contribution in [-0.4, -0.2) is 6.21 Å². The SMILES string of the molecule is Brc1ccc(C2=CN=C2)cc1. The third-order valence-corrected chi connectivity index (χ3v) is 2.13. The summed E-state index contributed by atoms with van der Waals surface area (Å²) in [5.41, 5.74) is 2.43. The average molecular weight is 208 g/mol. The molecule has 0 radical (unpaired) electrons. The Bertz CT molecular complexity index is 322. The average Bonchev–Trinajstić information content (AvgIpc) is 1.90. The second kappa shape index (κ2) is 2.62. The first kappa shape index (κ1) is 6.80. The Morgan fingerprint density at radius 3 is 2.18 bits per heavy atom. The van der Waals surface area contributed by atoms with Crippen LogP contribution in [-0.2, 0) is 0 Å². The van der Waals surface area contributed by atoms with E-state index in [1.165, 1.54) is 11.1 Å². The van der Waals surface area contributed by atoms with Crippen molar-refractivity contribution in [2.75, 3.05) is 0 Å². The fraction of sp³-hybridized carbons (Fsp3) is 0. The van der Waals surface area contributed by atoms with Crippen molar-refractivity contribution in [3.63, 3.8) is 0 Å². The molecule has 0 amide bonds. The van der Waals surface area contributed by atoms with Crippen molar-refractivity contribution < 1.29 is 0 Å². The van der Waals surface area contributed by atoms with Gasteiger partial charge in [0.25, 0.3) is 0 Å². The molecule has 0 N–H and O–H groups in total. The van der Waals surface area contributed by atoms with E-state index in [1.807, 2.05) is 24.5 Å². The van der Waals surface area contributed by atoms with E-state index in [1.54, 1.807) is 0 Å². The highest BCUT2D eigenvalue weighted by Gasteiger charge is 2.01.